The van der Waals surface area contributed by atoms with Crippen molar-refractivity contribution in [2.45, 2.75) is 44.4 Å². The summed E-state index contributed by atoms with van der Waals surface area (Å²) in [5, 5.41) is 7.11. The zero-order chi connectivity index (χ0) is 29.6. The van der Waals surface area contributed by atoms with E-state index < -0.39 is 6.04 Å². The second-order valence-electron chi connectivity index (χ2n) is 11.2. The number of aromatic nitrogens is 1. The minimum Gasteiger partial charge on any atom is -0.490 e. The number of nitrogens with one attached hydrogen (secondary N) is 3. The number of anilines is 1. The molecular weight excluding hydrogens is 533 g/mol. The van der Waals surface area contributed by atoms with Gasteiger partial charge in [0.1, 0.15) is 23.7 Å². The number of urea groups is 1. The van der Waals surface area contributed by atoms with Gasteiger partial charge in [-0.2, -0.15) is 0 Å². The molecule has 1 aliphatic rings. The van der Waals surface area contributed by atoms with E-state index in [0.29, 0.717) is 37.4 Å². The molecule has 0 radical (unpaired) electrons. The van der Waals surface area contributed by atoms with E-state index in [1.54, 1.807) is 17.0 Å². The predicted octanol–water partition coefficient (Wildman–Crippen LogP) is 5.73. The lowest BCUT2D eigenvalue weighted by molar-refractivity contribution is -0.118. The van der Waals surface area contributed by atoms with Gasteiger partial charge < -0.3 is 30.2 Å². The molecule has 2 heterocycles. The molecule has 42 heavy (non-hydrogen) atoms. The van der Waals surface area contributed by atoms with Crippen molar-refractivity contribution < 1.29 is 18.7 Å². The number of halogens is 1. The number of para-hydroxylation sites is 1. The number of hydrogen-bond donors (Lipinski definition) is 3. The number of likely N-dealkylation sites (tertiary alicyclic amines) is 1. The predicted molar refractivity (Wildman–Crippen MR) is 163 cm³/mol. The second kappa shape index (κ2) is 13.1. The number of fused-ring (bicyclic) bond motifs is 1. The van der Waals surface area contributed by atoms with Crippen LogP contribution in [-0.2, 0) is 11.3 Å². The topological polar surface area (TPSA) is 89.7 Å². The Morgan fingerprint density at radius 1 is 1.05 bits per heavy atom. The van der Waals surface area contributed by atoms with Crippen LogP contribution in [0.25, 0.3) is 10.9 Å². The summed E-state index contributed by atoms with van der Waals surface area (Å²) in [7, 11) is 3.99. The average molecular weight is 572 g/mol. The van der Waals surface area contributed by atoms with Crippen molar-refractivity contribution in [1.29, 1.82) is 0 Å². The zero-order valence-electron chi connectivity index (χ0n) is 24.3. The van der Waals surface area contributed by atoms with E-state index >= 15 is 0 Å². The average Bonchev–Trinajstić information content (AvgIpc) is 3.41. The molecule has 3 amide bonds. The van der Waals surface area contributed by atoms with Crippen molar-refractivity contribution in [3.8, 4) is 5.75 Å². The molecule has 8 nitrogen and oxygen atoms in total. The molecule has 0 unspecified atom stereocenters. The van der Waals surface area contributed by atoms with Crippen LogP contribution in [0.15, 0.2) is 79.0 Å². The van der Waals surface area contributed by atoms with Crippen LogP contribution < -0.4 is 15.4 Å². The first kappa shape index (κ1) is 29.1. The number of amides is 3. The lowest BCUT2D eigenvalue weighted by atomic mass is 9.92. The summed E-state index contributed by atoms with van der Waals surface area (Å²) in [4.78, 5) is 34.4. The van der Waals surface area contributed by atoms with Gasteiger partial charge in [-0.1, -0.05) is 37.3 Å². The maximum absolute atomic E-state index is 13.8. The first-order valence-corrected chi connectivity index (χ1v) is 14.3. The van der Waals surface area contributed by atoms with Crippen LogP contribution in [0.3, 0.4) is 0 Å². The SMILES string of the molecule is C[C@H](c1c[nH]c2ccccc12)[C@@H](NC(=O)N1CCC(Oc2ccc(F)cc2)CC1)C(=O)Nc1cccc(CN(C)C)c1. The van der Waals surface area contributed by atoms with Gasteiger partial charge in [0.05, 0.1) is 0 Å². The van der Waals surface area contributed by atoms with Crippen molar-refractivity contribution in [2.24, 2.45) is 0 Å². The number of nitrogens with zero attached hydrogens (tertiary/aromatic N) is 2. The van der Waals surface area contributed by atoms with E-state index in [2.05, 4.69) is 20.5 Å². The van der Waals surface area contributed by atoms with Crippen LogP contribution in [0.2, 0.25) is 0 Å². The highest BCUT2D eigenvalue weighted by atomic mass is 19.1. The monoisotopic (exact) mass is 571 g/mol. The fourth-order valence-corrected chi connectivity index (χ4v) is 5.51. The highest BCUT2D eigenvalue weighted by Crippen LogP contribution is 2.29. The molecule has 2 atom stereocenters. The third-order valence-electron chi connectivity index (χ3n) is 7.71. The summed E-state index contributed by atoms with van der Waals surface area (Å²) in [6.45, 7) is 3.68. The smallest absolute Gasteiger partial charge is 0.318 e. The largest absolute Gasteiger partial charge is 0.490 e. The maximum atomic E-state index is 13.8. The molecule has 9 heteroatoms. The van der Waals surface area contributed by atoms with Crippen molar-refractivity contribution >= 4 is 28.5 Å². The minimum atomic E-state index is -0.817. The summed E-state index contributed by atoms with van der Waals surface area (Å²) in [5.74, 6) is -0.291. The summed E-state index contributed by atoms with van der Waals surface area (Å²) in [5.41, 5.74) is 3.69. The molecule has 1 aromatic heterocycles. The van der Waals surface area contributed by atoms with Crippen molar-refractivity contribution in [3.05, 3.63) is 95.9 Å². The first-order chi connectivity index (χ1) is 20.3. The Kier molecular flexibility index (Phi) is 9.07. The molecule has 0 saturated carbocycles. The molecule has 5 rings (SSSR count). The van der Waals surface area contributed by atoms with Crippen LogP contribution in [0.1, 0.15) is 36.8 Å². The van der Waals surface area contributed by atoms with Crippen LogP contribution in [-0.4, -0.2) is 66.1 Å². The van der Waals surface area contributed by atoms with Crippen molar-refractivity contribution in [2.75, 3.05) is 32.5 Å². The fraction of sp³-hybridized carbons (Fsp3) is 0.333. The van der Waals surface area contributed by atoms with Crippen LogP contribution >= 0.6 is 0 Å². The van der Waals surface area contributed by atoms with Gasteiger partial charge >= 0.3 is 6.03 Å². The van der Waals surface area contributed by atoms with Crippen LogP contribution in [0.4, 0.5) is 14.9 Å². The quantitative estimate of drug-likeness (QED) is 0.239. The van der Waals surface area contributed by atoms with E-state index in [1.165, 1.54) is 12.1 Å². The highest BCUT2D eigenvalue weighted by molar-refractivity contribution is 5.98. The number of carbonyl (C=O) groups is 2. The molecule has 3 aromatic carbocycles. The summed E-state index contributed by atoms with van der Waals surface area (Å²) >= 11 is 0. The number of aromatic amines is 1. The number of rotatable bonds is 9. The molecule has 0 aliphatic carbocycles. The summed E-state index contributed by atoms with van der Waals surface area (Å²) in [6, 6.07) is 20.6. The maximum Gasteiger partial charge on any atom is 0.318 e. The standard InChI is InChI=1S/C33H38FN5O3/c1-22(29-20-35-30-10-5-4-9-28(29)30)31(32(40)36-25-8-6-7-23(19-25)21-38(2)3)37-33(41)39-17-15-27(16-18-39)42-26-13-11-24(34)12-14-26/h4-14,19-20,22,27,31,35H,15-18,21H2,1-3H3,(H,36,40)(H,37,41)/t22-,31-/m1/s1. The third-order valence-corrected chi connectivity index (χ3v) is 7.71. The zero-order valence-corrected chi connectivity index (χ0v) is 24.3. The number of ether oxygens (including phenoxy) is 1. The Bertz CT molecular complexity index is 1510. The Hall–Kier alpha value is -4.37. The molecular formula is C33H38FN5O3. The van der Waals surface area contributed by atoms with Gasteiger partial charge in [-0.15, -0.1) is 0 Å². The van der Waals surface area contributed by atoms with E-state index in [1.807, 2.05) is 75.7 Å². The molecule has 4 aromatic rings. The third kappa shape index (κ3) is 7.09. The second-order valence-corrected chi connectivity index (χ2v) is 11.2. The van der Waals surface area contributed by atoms with Crippen LogP contribution in [0, 0.1) is 5.82 Å². The van der Waals surface area contributed by atoms with Crippen molar-refractivity contribution in [1.82, 2.24) is 20.1 Å². The van der Waals surface area contributed by atoms with E-state index in [-0.39, 0.29) is 29.8 Å². The Morgan fingerprint density at radius 3 is 2.52 bits per heavy atom. The molecule has 220 valence electrons. The number of benzene rings is 3. The Morgan fingerprint density at radius 2 is 1.79 bits per heavy atom. The van der Waals surface area contributed by atoms with Gasteiger partial charge in [0, 0.05) is 61.2 Å². The number of carbonyl (C=O) groups excluding carboxylic acids is 2. The number of hydrogen-bond acceptors (Lipinski definition) is 4. The number of H-pyrrole nitrogens is 1. The van der Waals surface area contributed by atoms with Gasteiger partial charge in [-0.05, 0) is 67.7 Å². The summed E-state index contributed by atoms with van der Waals surface area (Å²) < 4.78 is 19.2. The normalized spacial score (nSPS) is 15.4. The van der Waals surface area contributed by atoms with Gasteiger partial charge in [-0.3, -0.25) is 4.79 Å². The van der Waals surface area contributed by atoms with Gasteiger partial charge in [0.15, 0.2) is 0 Å². The van der Waals surface area contributed by atoms with Gasteiger partial charge in [0.25, 0.3) is 0 Å². The molecule has 1 fully saturated rings. The minimum absolute atomic E-state index is 0.0711. The van der Waals surface area contributed by atoms with Crippen molar-refractivity contribution in [3.63, 3.8) is 0 Å². The van der Waals surface area contributed by atoms with Crippen LogP contribution in [0.5, 0.6) is 5.75 Å². The summed E-state index contributed by atoms with van der Waals surface area (Å²) in [6.07, 6.45) is 3.12. The van der Waals surface area contributed by atoms with Gasteiger partial charge in [0.2, 0.25) is 5.91 Å². The first-order valence-electron chi connectivity index (χ1n) is 14.3. The lowest BCUT2D eigenvalue weighted by Crippen LogP contribution is -2.53. The lowest BCUT2D eigenvalue weighted by Gasteiger charge is -2.34. The molecule has 1 saturated heterocycles. The highest BCUT2D eigenvalue weighted by Gasteiger charge is 2.32. The van der Waals surface area contributed by atoms with E-state index in [4.69, 9.17) is 4.74 Å². The Labute approximate surface area is 245 Å². The molecule has 1 aliphatic heterocycles. The fourth-order valence-electron chi connectivity index (χ4n) is 5.51. The van der Waals surface area contributed by atoms with Gasteiger partial charge in [-0.25, -0.2) is 9.18 Å². The number of piperidine rings is 1. The molecule has 0 bridgehead atoms. The molecule has 3 N–H and O–H groups in total. The molecule has 0 spiro atoms. The van der Waals surface area contributed by atoms with E-state index in [9.17, 15) is 14.0 Å². The van der Waals surface area contributed by atoms with E-state index in [0.717, 1.165) is 28.6 Å². The Balaban J connectivity index is 1.30.